The first-order valence-electron chi connectivity index (χ1n) is 4.39. The summed E-state index contributed by atoms with van der Waals surface area (Å²) >= 11 is 0. The first-order valence-corrected chi connectivity index (χ1v) is 4.39. The lowest BCUT2D eigenvalue weighted by atomic mass is 10.3. The molecule has 0 aromatic heterocycles. The van der Waals surface area contributed by atoms with E-state index in [2.05, 4.69) is 22.0 Å². The van der Waals surface area contributed by atoms with Gasteiger partial charge in [-0.3, -0.25) is 0 Å². The molecule has 0 saturated carbocycles. The second-order valence-corrected chi connectivity index (χ2v) is 3.23. The normalized spacial score (nSPS) is 22.1. The molecule has 4 heteroatoms. The SMILES string of the molecule is CN1CCN(CC/C=N/O)CC1. The fourth-order valence-corrected chi connectivity index (χ4v) is 1.37. The zero-order chi connectivity index (χ0) is 8.81. The van der Waals surface area contributed by atoms with Gasteiger partial charge < -0.3 is 15.0 Å². The Balaban J connectivity index is 2.09. The molecular formula is C8H17N3O. The Morgan fingerprint density at radius 2 is 2.00 bits per heavy atom. The summed E-state index contributed by atoms with van der Waals surface area (Å²) in [5, 5.41) is 11.2. The lowest BCUT2D eigenvalue weighted by Gasteiger charge is -2.31. The highest BCUT2D eigenvalue weighted by Crippen LogP contribution is 1.98. The van der Waals surface area contributed by atoms with Gasteiger partial charge in [0.05, 0.1) is 0 Å². The molecular weight excluding hydrogens is 154 g/mol. The van der Waals surface area contributed by atoms with Crippen molar-refractivity contribution in [2.24, 2.45) is 5.16 Å². The molecule has 1 aliphatic rings. The molecule has 1 rings (SSSR count). The summed E-state index contributed by atoms with van der Waals surface area (Å²) in [6, 6.07) is 0. The minimum atomic E-state index is 0.847. The molecule has 0 spiro atoms. The van der Waals surface area contributed by atoms with Crippen LogP contribution in [0, 0.1) is 0 Å². The first kappa shape index (κ1) is 9.48. The Kier molecular flexibility index (Phi) is 4.04. The van der Waals surface area contributed by atoms with Crippen molar-refractivity contribution in [2.45, 2.75) is 6.42 Å². The molecule has 4 nitrogen and oxygen atoms in total. The van der Waals surface area contributed by atoms with Crippen molar-refractivity contribution >= 4 is 6.21 Å². The number of hydrogen-bond donors (Lipinski definition) is 1. The lowest BCUT2D eigenvalue weighted by Crippen LogP contribution is -2.44. The minimum absolute atomic E-state index is 0.847. The smallest absolute Gasteiger partial charge is 0.0448 e. The highest BCUT2D eigenvalue weighted by Gasteiger charge is 2.11. The van der Waals surface area contributed by atoms with E-state index in [1.54, 1.807) is 6.21 Å². The van der Waals surface area contributed by atoms with Gasteiger partial charge in [0.15, 0.2) is 0 Å². The first-order chi connectivity index (χ1) is 5.83. The molecule has 0 atom stereocenters. The summed E-state index contributed by atoms with van der Waals surface area (Å²) in [5.41, 5.74) is 0. The van der Waals surface area contributed by atoms with Gasteiger partial charge in [-0.25, -0.2) is 0 Å². The fraction of sp³-hybridized carbons (Fsp3) is 0.875. The van der Waals surface area contributed by atoms with Gasteiger partial charge >= 0.3 is 0 Å². The van der Waals surface area contributed by atoms with E-state index in [1.807, 2.05) is 0 Å². The molecule has 0 unspecified atom stereocenters. The summed E-state index contributed by atoms with van der Waals surface area (Å²) < 4.78 is 0. The van der Waals surface area contributed by atoms with Gasteiger partial charge in [0, 0.05) is 38.9 Å². The van der Waals surface area contributed by atoms with Gasteiger partial charge in [-0.1, -0.05) is 0 Å². The van der Waals surface area contributed by atoms with Crippen LogP contribution in [0.15, 0.2) is 5.16 Å². The molecule has 0 amide bonds. The highest BCUT2D eigenvalue weighted by molar-refractivity contribution is 5.56. The highest BCUT2D eigenvalue weighted by atomic mass is 16.4. The van der Waals surface area contributed by atoms with Gasteiger partial charge in [-0.15, -0.1) is 5.16 Å². The predicted molar refractivity (Wildman–Crippen MR) is 48.8 cm³/mol. The maximum Gasteiger partial charge on any atom is 0.0448 e. The Morgan fingerprint density at radius 1 is 1.33 bits per heavy atom. The van der Waals surface area contributed by atoms with E-state index in [4.69, 9.17) is 5.21 Å². The number of rotatable bonds is 3. The molecule has 1 aliphatic heterocycles. The Hall–Kier alpha value is -0.610. The van der Waals surface area contributed by atoms with E-state index >= 15 is 0 Å². The van der Waals surface area contributed by atoms with Crippen molar-refractivity contribution in [2.75, 3.05) is 39.8 Å². The molecule has 1 saturated heterocycles. The van der Waals surface area contributed by atoms with Crippen molar-refractivity contribution < 1.29 is 5.21 Å². The monoisotopic (exact) mass is 171 g/mol. The van der Waals surface area contributed by atoms with Crippen molar-refractivity contribution in [3.8, 4) is 0 Å². The average Bonchev–Trinajstić information content (AvgIpc) is 2.09. The zero-order valence-electron chi connectivity index (χ0n) is 7.61. The van der Waals surface area contributed by atoms with Gasteiger partial charge in [0.25, 0.3) is 0 Å². The average molecular weight is 171 g/mol. The van der Waals surface area contributed by atoms with Crippen LogP contribution in [-0.4, -0.2) is 61.0 Å². The van der Waals surface area contributed by atoms with Gasteiger partial charge in [0.1, 0.15) is 0 Å². The summed E-state index contributed by atoms with van der Waals surface area (Å²) in [7, 11) is 2.15. The standard InChI is InChI=1S/C8H17N3O/c1-10-5-7-11(8-6-10)4-2-3-9-12/h3,12H,2,4-8H2,1H3/b9-3+. The van der Waals surface area contributed by atoms with Gasteiger partial charge in [0.2, 0.25) is 0 Å². The molecule has 70 valence electrons. The summed E-state index contributed by atoms with van der Waals surface area (Å²) in [6.45, 7) is 5.58. The second kappa shape index (κ2) is 5.11. The minimum Gasteiger partial charge on any atom is -0.411 e. The summed E-state index contributed by atoms with van der Waals surface area (Å²) in [4.78, 5) is 4.72. The van der Waals surface area contributed by atoms with Crippen molar-refractivity contribution in [3.63, 3.8) is 0 Å². The molecule has 12 heavy (non-hydrogen) atoms. The Bertz CT molecular complexity index is 141. The topological polar surface area (TPSA) is 39.1 Å². The fourth-order valence-electron chi connectivity index (χ4n) is 1.37. The molecule has 0 aromatic carbocycles. The van der Waals surface area contributed by atoms with Crippen LogP contribution in [0.2, 0.25) is 0 Å². The van der Waals surface area contributed by atoms with Crippen LogP contribution in [0.5, 0.6) is 0 Å². The van der Waals surface area contributed by atoms with Gasteiger partial charge in [-0.2, -0.15) is 0 Å². The number of piperazine rings is 1. The van der Waals surface area contributed by atoms with Crippen LogP contribution in [0.25, 0.3) is 0 Å². The quantitative estimate of drug-likeness (QED) is 0.371. The molecule has 0 aromatic rings. The zero-order valence-corrected chi connectivity index (χ0v) is 7.61. The van der Waals surface area contributed by atoms with Crippen molar-refractivity contribution in [1.29, 1.82) is 0 Å². The summed E-state index contributed by atoms with van der Waals surface area (Å²) in [6.07, 6.45) is 2.40. The van der Waals surface area contributed by atoms with Crippen molar-refractivity contribution in [1.82, 2.24) is 9.80 Å². The van der Waals surface area contributed by atoms with Crippen LogP contribution in [0.1, 0.15) is 6.42 Å². The van der Waals surface area contributed by atoms with E-state index in [1.165, 1.54) is 0 Å². The van der Waals surface area contributed by atoms with Crippen LogP contribution < -0.4 is 0 Å². The maximum absolute atomic E-state index is 8.18. The molecule has 0 bridgehead atoms. The Labute approximate surface area is 73.5 Å². The molecule has 0 aliphatic carbocycles. The van der Waals surface area contributed by atoms with Crippen LogP contribution >= 0.6 is 0 Å². The third-order valence-corrected chi connectivity index (χ3v) is 2.25. The third kappa shape index (κ3) is 3.19. The third-order valence-electron chi connectivity index (χ3n) is 2.25. The van der Waals surface area contributed by atoms with Crippen LogP contribution in [-0.2, 0) is 0 Å². The molecule has 1 N–H and O–H groups in total. The van der Waals surface area contributed by atoms with E-state index in [0.717, 1.165) is 39.1 Å². The predicted octanol–water partition coefficient (Wildman–Crippen LogP) is 0.0839. The summed E-state index contributed by atoms with van der Waals surface area (Å²) in [5.74, 6) is 0. The molecule has 1 heterocycles. The Morgan fingerprint density at radius 3 is 2.58 bits per heavy atom. The maximum atomic E-state index is 8.18. The van der Waals surface area contributed by atoms with Crippen LogP contribution in [0.4, 0.5) is 0 Å². The number of likely N-dealkylation sites (N-methyl/N-ethyl adjacent to an activating group) is 1. The number of hydrogen-bond acceptors (Lipinski definition) is 4. The van der Waals surface area contributed by atoms with Gasteiger partial charge in [-0.05, 0) is 13.5 Å². The molecule has 0 radical (unpaired) electrons. The second-order valence-electron chi connectivity index (χ2n) is 3.23. The largest absolute Gasteiger partial charge is 0.411 e. The number of oxime groups is 1. The van der Waals surface area contributed by atoms with Crippen LogP contribution in [0.3, 0.4) is 0 Å². The van der Waals surface area contributed by atoms with E-state index in [0.29, 0.717) is 0 Å². The molecule has 1 fully saturated rings. The van der Waals surface area contributed by atoms with Crippen molar-refractivity contribution in [3.05, 3.63) is 0 Å². The van der Waals surface area contributed by atoms with E-state index in [-0.39, 0.29) is 0 Å². The van der Waals surface area contributed by atoms with E-state index in [9.17, 15) is 0 Å². The lowest BCUT2D eigenvalue weighted by molar-refractivity contribution is 0.157. The van der Waals surface area contributed by atoms with E-state index < -0.39 is 0 Å². The number of nitrogens with zero attached hydrogens (tertiary/aromatic N) is 3.